The normalized spacial score (nSPS) is 11.7. The van der Waals surface area contributed by atoms with E-state index >= 15 is 0 Å². The zero-order chi connectivity index (χ0) is 21.1. The van der Waals surface area contributed by atoms with Crippen LogP contribution < -0.4 is 0 Å². The SMILES string of the molecule is Cc1c(C(C)(C)C)nn(C)c1-c1nc2c(Cl)cc(-c3c(F)cccc3F)cc2[nH]1.Cl. The van der Waals surface area contributed by atoms with Gasteiger partial charge in [0.15, 0.2) is 5.82 Å². The molecule has 1 N–H and O–H groups in total. The fraction of sp³-hybridized carbons (Fsp3) is 0.273. The summed E-state index contributed by atoms with van der Waals surface area (Å²) in [5, 5.41) is 4.98. The van der Waals surface area contributed by atoms with E-state index in [1.807, 2.05) is 14.0 Å². The molecule has 0 spiro atoms. The minimum atomic E-state index is -0.641. The monoisotopic (exact) mass is 450 g/mol. The van der Waals surface area contributed by atoms with E-state index < -0.39 is 11.6 Å². The van der Waals surface area contributed by atoms with Gasteiger partial charge in [0, 0.05) is 18.0 Å². The van der Waals surface area contributed by atoms with Crippen LogP contribution >= 0.6 is 24.0 Å². The molecule has 158 valence electrons. The number of halogens is 4. The molecule has 4 aromatic rings. The highest BCUT2D eigenvalue weighted by atomic mass is 35.5. The van der Waals surface area contributed by atoms with Gasteiger partial charge in [-0.25, -0.2) is 13.8 Å². The number of hydrogen-bond donors (Lipinski definition) is 1. The van der Waals surface area contributed by atoms with Gasteiger partial charge in [-0.2, -0.15) is 5.10 Å². The third kappa shape index (κ3) is 3.59. The molecule has 0 radical (unpaired) electrons. The van der Waals surface area contributed by atoms with Gasteiger partial charge in [0.2, 0.25) is 0 Å². The number of aromatic nitrogens is 4. The Bertz CT molecular complexity index is 1230. The van der Waals surface area contributed by atoms with E-state index in [1.165, 1.54) is 24.3 Å². The summed E-state index contributed by atoms with van der Waals surface area (Å²) in [6.07, 6.45) is 0. The van der Waals surface area contributed by atoms with Crippen molar-refractivity contribution in [1.82, 2.24) is 19.7 Å². The number of rotatable bonds is 2. The number of benzene rings is 2. The van der Waals surface area contributed by atoms with Crippen LogP contribution in [0.25, 0.3) is 33.7 Å². The summed E-state index contributed by atoms with van der Waals surface area (Å²) in [5.41, 5.74) is 4.12. The molecular formula is C22H22Cl2F2N4. The van der Waals surface area contributed by atoms with E-state index in [0.29, 0.717) is 27.4 Å². The van der Waals surface area contributed by atoms with Crippen LogP contribution in [-0.4, -0.2) is 19.7 Å². The van der Waals surface area contributed by atoms with Crippen LogP contribution in [0.5, 0.6) is 0 Å². The molecule has 0 fully saturated rings. The zero-order valence-corrected chi connectivity index (χ0v) is 18.8. The average molecular weight is 451 g/mol. The number of nitrogens with zero attached hydrogens (tertiary/aromatic N) is 3. The lowest BCUT2D eigenvalue weighted by Crippen LogP contribution is -2.13. The van der Waals surface area contributed by atoms with Gasteiger partial charge in [0.05, 0.1) is 21.8 Å². The second-order valence-electron chi connectivity index (χ2n) is 8.23. The van der Waals surface area contributed by atoms with Crippen LogP contribution in [0.15, 0.2) is 30.3 Å². The molecule has 2 heterocycles. The van der Waals surface area contributed by atoms with Crippen molar-refractivity contribution in [2.75, 3.05) is 0 Å². The molecule has 0 saturated heterocycles. The van der Waals surface area contributed by atoms with Crippen molar-refractivity contribution in [2.24, 2.45) is 7.05 Å². The molecule has 0 bridgehead atoms. The molecule has 0 aliphatic heterocycles. The zero-order valence-electron chi connectivity index (χ0n) is 17.3. The fourth-order valence-electron chi connectivity index (χ4n) is 3.78. The molecule has 4 nitrogen and oxygen atoms in total. The lowest BCUT2D eigenvalue weighted by molar-refractivity contribution is 0.550. The van der Waals surface area contributed by atoms with Gasteiger partial charge in [-0.15, -0.1) is 12.4 Å². The molecule has 0 amide bonds. The quantitative estimate of drug-likeness (QED) is 0.374. The van der Waals surface area contributed by atoms with Gasteiger partial charge in [0.1, 0.15) is 22.8 Å². The Morgan fingerprint density at radius 3 is 2.30 bits per heavy atom. The molecular weight excluding hydrogens is 429 g/mol. The van der Waals surface area contributed by atoms with E-state index in [1.54, 1.807) is 10.7 Å². The predicted octanol–water partition coefficient (Wildman–Crippen LogP) is 6.59. The lowest BCUT2D eigenvalue weighted by atomic mass is 9.89. The highest BCUT2D eigenvalue weighted by molar-refractivity contribution is 6.35. The molecule has 8 heteroatoms. The van der Waals surface area contributed by atoms with Gasteiger partial charge in [-0.1, -0.05) is 38.4 Å². The molecule has 0 aliphatic rings. The summed E-state index contributed by atoms with van der Waals surface area (Å²) in [6.45, 7) is 8.34. The van der Waals surface area contributed by atoms with Crippen molar-refractivity contribution in [3.63, 3.8) is 0 Å². The highest BCUT2D eigenvalue weighted by Gasteiger charge is 2.25. The van der Waals surface area contributed by atoms with Crippen molar-refractivity contribution in [3.05, 3.63) is 58.2 Å². The first kappa shape index (κ1) is 22.2. The van der Waals surface area contributed by atoms with E-state index in [-0.39, 0.29) is 23.4 Å². The summed E-state index contributed by atoms with van der Waals surface area (Å²) < 4.78 is 30.3. The lowest BCUT2D eigenvalue weighted by Gasteiger charge is -2.16. The van der Waals surface area contributed by atoms with Crippen molar-refractivity contribution in [1.29, 1.82) is 0 Å². The van der Waals surface area contributed by atoms with E-state index in [9.17, 15) is 8.78 Å². The Balaban J connectivity index is 0.00000256. The predicted molar refractivity (Wildman–Crippen MR) is 119 cm³/mol. The molecule has 4 rings (SSSR count). The van der Waals surface area contributed by atoms with Crippen LogP contribution in [0.3, 0.4) is 0 Å². The van der Waals surface area contributed by atoms with Crippen molar-refractivity contribution >= 4 is 35.0 Å². The summed E-state index contributed by atoms with van der Waals surface area (Å²) in [4.78, 5) is 7.89. The largest absolute Gasteiger partial charge is 0.337 e. The van der Waals surface area contributed by atoms with E-state index in [2.05, 4.69) is 35.8 Å². The molecule has 0 aliphatic carbocycles. The first-order valence-corrected chi connectivity index (χ1v) is 9.64. The second-order valence-corrected chi connectivity index (χ2v) is 8.64. The van der Waals surface area contributed by atoms with Gasteiger partial charge < -0.3 is 4.98 Å². The maximum Gasteiger partial charge on any atom is 0.157 e. The molecule has 0 saturated carbocycles. The maximum absolute atomic E-state index is 14.2. The fourth-order valence-corrected chi connectivity index (χ4v) is 4.04. The standard InChI is InChI=1S/C22H21ClF2N4.ClH/c1-11-19(29(5)28-20(11)22(2,3)4)21-26-16-10-12(9-13(23)18(16)27-21)17-14(24)7-6-8-15(17)25;/h6-10H,1-5H3,(H,26,27);1H. The van der Waals surface area contributed by atoms with Gasteiger partial charge in [0.25, 0.3) is 0 Å². The number of hydrogen-bond acceptors (Lipinski definition) is 2. The van der Waals surface area contributed by atoms with Crippen molar-refractivity contribution < 1.29 is 8.78 Å². The topological polar surface area (TPSA) is 46.5 Å². The number of imidazole rings is 1. The van der Waals surface area contributed by atoms with Crippen molar-refractivity contribution in [2.45, 2.75) is 33.1 Å². The molecule has 2 aromatic heterocycles. The minimum absolute atomic E-state index is 0. The van der Waals surface area contributed by atoms with Crippen molar-refractivity contribution in [3.8, 4) is 22.6 Å². The number of nitrogens with one attached hydrogen (secondary N) is 1. The maximum atomic E-state index is 14.2. The summed E-state index contributed by atoms with van der Waals surface area (Å²) in [7, 11) is 1.87. The van der Waals surface area contributed by atoms with Crippen LogP contribution in [0.4, 0.5) is 8.78 Å². The number of fused-ring (bicyclic) bond motifs is 1. The third-order valence-electron chi connectivity index (χ3n) is 5.01. The average Bonchev–Trinajstić information content (AvgIpc) is 3.15. The number of aromatic amines is 1. The van der Waals surface area contributed by atoms with Gasteiger partial charge in [-0.05, 0) is 36.8 Å². The van der Waals surface area contributed by atoms with Crippen LogP contribution in [0, 0.1) is 18.6 Å². The third-order valence-corrected chi connectivity index (χ3v) is 5.30. The molecule has 2 aromatic carbocycles. The summed E-state index contributed by atoms with van der Waals surface area (Å²) >= 11 is 6.43. The Labute approximate surface area is 184 Å². The first-order chi connectivity index (χ1) is 13.6. The molecule has 30 heavy (non-hydrogen) atoms. The van der Waals surface area contributed by atoms with Gasteiger partial charge in [-0.3, -0.25) is 4.68 Å². The number of H-pyrrole nitrogens is 1. The van der Waals surface area contributed by atoms with Crippen LogP contribution in [0.1, 0.15) is 32.0 Å². The Hall–Kier alpha value is -2.44. The van der Waals surface area contributed by atoms with Crippen LogP contribution in [0.2, 0.25) is 5.02 Å². The second kappa shape index (κ2) is 7.67. The molecule has 0 unspecified atom stereocenters. The Morgan fingerprint density at radius 2 is 1.73 bits per heavy atom. The molecule has 0 atom stereocenters. The Kier molecular flexibility index (Phi) is 5.69. The minimum Gasteiger partial charge on any atom is -0.337 e. The summed E-state index contributed by atoms with van der Waals surface area (Å²) in [5.74, 6) is -0.675. The van der Waals surface area contributed by atoms with E-state index in [0.717, 1.165) is 17.0 Å². The smallest absolute Gasteiger partial charge is 0.157 e. The van der Waals surface area contributed by atoms with Gasteiger partial charge >= 0.3 is 0 Å². The number of aryl methyl sites for hydroxylation is 1. The highest BCUT2D eigenvalue weighted by Crippen LogP contribution is 2.36. The van der Waals surface area contributed by atoms with Crippen LogP contribution in [-0.2, 0) is 12.5 Å². The van der Waals surface area contributed by atoms with E-state index in [4.69, 9.17) is 11.6 Å². The summed E-state index contributed by atoms with van der Waals surface area (Å²) in [6, 6.07) is 6.98. The first-order valence-electron chi connectivity index (χ1n) is 9.26. The Morgan fingerprint density at radius 1 is 1.10 bits per heavy atom.